The van der Waals surface area contributed by atoms with Gasteiger partial charge in [0.2, 0.25) is 5.95 Å². The smallest absolute Gasteiger partial charge is 0.253 e. The van der Waals surface area contributed by atoms with Crippen LogP contribution in [0.5, 0.6) is 11.5 Å². The van der Waals surface area contributed by atoms with Gasteiger partial charge < -0.3 is 24.4 Å². The number of carbonyl (C=O) groups is 1. The number of fused-ring (bicyclic) bond motifs is 1. The molecule has 3 aromatic carbocycles. The summed E-state index contributed by atoms with van der Waals surface area (Å²) < 4.78 is 8.25. The lowest BCUT2D eigenvalue weighted by Crippen LogP contribution is -2.33. The molecule has 1 aromatic heterocycles. The van der Waals surface area contributed by atoms with Gasteiger partial charge in [-0.3, -0.25) is 4.79 Å². The number of unbranched alkanes of at least 4 members (excludes halogenated alkanes) is 2. The first-order valence-corrected chi connectivity index (χ1v) is 16.8. The number of hydrogen-bond acceptors (Lipinski definition) is 5. The molecule has 1 fully saturated rings. The van der Waals surface area contributed by atoms with Crippen molar-refractivity contribution in [2.45, 2.75) is 78.2 Å². The summed E-state index contributed by atoms with van der Waals surface area (Å²) in [6, 6.07) is 23.8. The zero-order chi connectivity index (χ0) is 30.6. The molecule has 4 aromatic rings. The SMILES string of the molecule is CCCCN(CCCC)C(=O)c1ccc2nc(Nc3ccc(Oc4ccccc4)cc3)n(CCCN3CCCCCC3)c2c1.[HH]. The molecule has 0 atom stereocenters. The Morgan fingerprint density at radius 1 is 0.841 bits per heavy atom. The first-order valence-electron chi connectivity index (χ1n) is 16.8. The maximum atomic E-state index is 13.7. The predicted molar refractivity (Wildman–Crippen MR) is 183 cm³/mol. The van der Waals surface area contributed by atoms with E-state index >= 15 is 0 Å². The van der Waals surface area contributed by atoms with Crippen LogP contribution in [0.4, 0.5) is 11.6 Å². The van der Waals surface area contributed by atoms with Gasteiger partial charge in [-0.1, -0.05) is 57.7 Å². The van der Waals surface area contributed by atoms with E-state index in [1.807, 2.05) is 71.6 Å². The highest BCUT2D eigenvalue weighted by atomic mass is 16.5. The lowest BCUT2D eigenvalue weighted by molar-refractivity contribution is 0.0751. The Morgan fingerprint density at radius 2 is 1.52 bits per heavy atom. The number of nitrogens with one attached hydrogen (secondary N) is 1. The molecule has 7 nitrogen and oxygen atoms in total. The number of nitrogens with zero attached hydrogens (tertiary/aromatic N) is 4. The van der Waals surface area contributed by atoms with Crippen molar-refractivity contribution in [1.82, 2.24) is 19.4 Å². The molecule has 0 bridgehead atoms. The van der Waals surface area contributed by atoms with Crippen molar-refractivity contribution in [1.29, 1.82) is 0 Å². The Bertz CT molecular complexity index is 1440. The van der Waals surface area contributed by atoms with E-state index in [1.54, 1.807) is 0 Å². The third-order valence-corrected chi connectivity index (χ3v) is 8.49. The number of benzene rings is 3. The highest BCUT2D eigenvalue weighted by Crippen LogP contribution is 2.28. The molecule has 0 spiro atoms. The number of aryl methyl sites for hydroxylation is 1. The molecular weight excluding hydrogens is 546 g/mol. The molecule has 2 heterocycles. The van der Waals surface area contributed by atoms with E-state index in [0.29, 0.717) is 0 Å². The van der Waals surface area contributed by atoms with Gasteiger partial charge in [0, 0.05) is 32.3 Å². The first-order chi connectivity index (χ1) is 21.6. The fourth-order valence-electron chi connectivity index (χ4n) is 5.95. The van der Waals surface area contributed by atoms with Crippen LogP contribution in [0.3, 0.4) is 0 Å². The third-order valence-electron chi connectivity index (χ3n) is 8.49. The minimum Gasteiger partial charge on any atom is -0.457 e. The van der Waals surface area contributed by atoms with E-state index in [0.717, 1.165) is 98.0 Å². The molecule has 1 aliphatic rings. The number of anilines is 2. The number of carbonyl (C=O) groups excluding carboxylic acids is 1. The summed E-state index contributed by atoms with van der Waals surface area (Å²) in [4.78, 5) is 23.3. The number of hydrogen-bond donors (Lipinski definition) is 1. The second-order valence-corrected chi connectivity index (χ2v) is 12.0. The topological polar surface area (TPSA) is 62.6 Å². The third kappa shape index (κ3) is 8.63. The molecular formula is C37H51N5O2. The Labute approximate surface area is 264 Å². The second kappa shape index (κ2) is 16.3. The molecule has 7 heteroatoms. The summed E-state index contributed by atoms with van der Waals surface area (Å²) in [7, 11) is 0. The van der Waals surface area contributed by atoms with Crippen LogP contribution in [-0.2, 0) is 6.54 Å². The van der Waals surface area contributed by atoms with Crippen LogP contribution in [0.15, 0.2) is 72.8 Å². The van der Waals surface area contributed by atoms with Crippen molar-refractivity contribution in [2.24, 2.45) is 0 Å². The van der Waals surface area contributed by atoms with Gasteiger partial charge >= 0.3 is 0 Å². The molecule has 236 valence electrons. The monoisotopic (exact) mass is 597 g/mol. The minimum atomic E-state index is 0. The fraction of sp³-hybridized carbons (Fsp3) is 0.459. The van der Waals surface area contributed by atoms with E-state index in [1.165, 1.54) is 38.8 Å². The summed E-state index contributed by atoms with van der Waals surface area (Å²) in [5.41, 5.74) is 3.59. The first kappa shape index (κ1) is 31.6. The van der Waals surface area contributed by atoms with Gasteiger partial charge in [0.1, 0.15) is 11.5 Å². The molecule has 1 saturated heterocycles. The standard InChI is InChI=1S/C37H49N5O2.H2/c1-3-5-26-41(27-6-4-2)36(43)30-17-22-34-35(29-30)42(28-14-25-40-23-12-7-8-13-24-40)37(39-34)38-31-18-20-33(21-19-31)44-32-15-10-9-11-16-32;/h9-11,15-22,29H,3-8,12-14,23-28H2,1-2H3,(H,38,39);1H. The van der Waals surface area contributed by atoms with E-state index in [9.17, 15) is 4.79 Å². The molecule has 5 rings (SSSR count). The number of rotatable bonds is 15. The van der Waals surface area contributed by atoms with Crippen LogP contribution in [-0.4, -0.2) is 58.0 Å². The molecule has 0 radical (unpaired) electrons. The van der Waals surface area contributed by atoms with Crippen LogP contribution in [0.25, 0.3) is 11.0 Å². The average molecular weight is 598 g/mol. The predicted octanol–water partition coefficient (Wildman–Crippen LogP) is 9.13. The van der Waals surface area contributed by atoms with E-state index < -0.39 is 0 Å². The number of imidazole rings is 1. The van der Waals surface area contributed by atoms with Crippen LogP contribution in [0.2, 0.25) is 0 Å². The van der Waals surface area contributed by atoms with Gasteiger partial charge in [-0.25, -0.2) is 4.98 Å². The molecule has 44 heavy (non-hydrogen) atoms. The summed E-state index contributed by atoms with van der Waals surface area (Å²) >= 11 is 0. The van der Waals surface area contributed by atoms with Crippen LogP contribution >= 0.6 is 0 Å². The van der Waals surface area contributed by atoms with Crippen molar-refractivity contribution < 1.29 is 11.0 Å². The molecule has 0 unspecified atom stereocenters. The highest BCUT2D eigenvalue weighted by Gasteiger charge is 2.19. The lowest BCUT2D eigenvalue weighted by atomic mass is 10.1. The zero-order valence-electron chi connectivity index (χ0n) is 26.6. The van der Waals surface area contributed by atoms with Crippen molar-refractivity contribution in [2.75, 3.05) is 38.0 Å². The summed E-state index contributed by atoms with van der Waals surface area (Å²) in [6.07, 6.45) is 10.5. The van der Waals surface area contributed by atoms with Crippen molar-refractivity contribution in [3.8, 4) is 11.5 Å². The highest BCUT2D eigenvalue weighted by molar-refractivity contribution is 5.98. The van der Waals surface area contributed by atoms with Gasteiger partial charge in [0.25, 0.3) is 5.91 Å². The Balaban J connectivity index is 0.00000461. The molecule has 1 N–H and O–H groups in total. The van der Waals surface area contributed by atoms with Crippen molar-refractivity contribution in [3.05, 3.63) is 78.4 Å². The van der Waals surface area contributed by atoms with Gasteiger partial charge in [0.15, 0.2) is 0 Å². The maximum Gasteiger partial charge on any atom is 0.253 e. The van der Waals surface area contributed by atoms with Crippen LogP contribution < -0.4 is 10.1 Å². The minimum absolute atomic E-state index is 0. The Morgan fingerprint density at radius 3 is 2.20 bits per heavy atom. The molecule has 0 aliphatic carbocycles. The number of aromatic nitrogens is 2. The largest absolute Gasteiger partial charge is 0.457 e. The van der Waals surface area contributed by atoms with Gasteiger partial charge in [-0.15, -0.1) is 0 Å². The Hall–Kier alpha value is -3.84. The number of para-hydroxylation sites is 1. The fourth-order valence-corrected chi connectivity index (χ4v) is 5.95. The normalized spacial score (nSPS) is 14.0. The van der Waals surface area contributed by atoms with Gasteiger partial charge in [0.05, 0.1) is 11.0 Å². The van der Waals surface area contributed by atoms with Crippen LogP contribution in [0, 0.1) is 0 Å². The number of amides is 1. The quantitative estimate of drug-likeness (QED) is 0.148. The molecule has 0 saturated carbocycles. The van der Waals surface area contributed by atoms with E-state index in [-0.39, 0.29) is 7.33 Å². The van der Waals surface area contributed by atoms with Gasteiger partial charge in [-0.2, -0.15) is 0 Å². The summed E-state index contributed by atoms with van der Waals surface area (Å²) in [5.74, 6) is 2.51. The molecule has 1 aliphatic heterocycles. The summed E-state index contributed by atoms with van der Waals surface area (Å²) in [6.45, 7) is 10.3. The van der Waals surface area contributed by atoms with E-state index in [4.69, 9.17) is 9.72 Å². The summed E-state index contributed by atoms with van der Waals surface area (Å²) in [5, 5.41) is 3.57. The number of likely N-dealkylation sites (tertiary alicyclic amines) is 1. The zero-order valence-corrected chi connectivity index (χ0v) is 26.6. The Kier molecular flexibility index (Phi) is 11.7. The number of ether oxygens (including phenoxy) is 1. The molecule has 1 amide bonds. The van der Waals surface area contributed by atoms with Crippen molar-refractivity contribution >= 4 is 28.6 Å². The average Bonchev–Trinajstić information content (AvgIpc) is 3.19. The van der Waals surface area contributed by atoms with E-state index in [2.05, 4.69) is 34.7 Å². The maximum absolute atomic E-state index is 13.7. The van der Waals surface area contributed by atoms with Crippen molar-refractivity contribution in [3.63, 3.8) is 0 Å². The second-order valence-electron chi connectivity index (χ2n) is 12.0. The van der Waals surface area contributed by atoms with Gasteiger partial charge in [-0.05, 0) is 106 Å². The van der Waals surface area contributed by atoms with Crippen LogP contribution in [0.1, 0.15) is 83.4 Å². The lowest BCUT2D eigenvalue weighted by Gasteiger charge is -2.22.